The summed E-state index contributed by atoms with van der Waals surface area (Å²) in [5.74, 6) is -0.0922. The van der Waals surface area contributed by atoms with Gasteiger partial charge in [-0.25, -0.2) is 0 Å². The summed E-state index contributed by atoms with van der Waals surface area (Å²) in [4.78, 5) is 0. The fraction of sp³-hybridized carbons (Fsp3) is 0.250. The number of nitrogens with two attached hydrogens (primary N) is 1. The molecule has 1 aliphatic carbocycles. The Bertz CT molecular complexity index is 654. The molecule has 2 aromatic carbocycles. The van der Waals surface area contributed by atoms with Crippen molar-refractivity contribution in [3.63, 3.8) is 0 Å². The Labute approximate surface area is 120 Å². The monoisotopic (exact) mass is 293 g/mol. The first-order valence-electron chi connectivity index (χ1n) is 6.63. The number of rotatable bonds is 3. The van der Waals surface area contributed by atoms with Gasteiger partial charge in [0.15, 0.2) is 0 Å². The molecule has 0 bridgehead atoms. The van der Waals surface area contributed by atoms with Gasteiger partial charge in [-0.3, -0.25) is 0 Å². The third kappa shape index (κ3) is 2.88. The molecule has 5 heteroatoms. The van der Waals surface area contributed by atoms with Crippen molar-refractivity contribution in [1.82, 2.24) is 0 Å². The van der Waals surface area contributed by atoms with Gasteiger partial charge in [-0.1, -0.05) is 36.4 Å². The van der Waals surface area contributed by atoms with E-state index in [1.807, 2.05) is 24.3 Å². The lowest BCUT2D eigenvalue weighted by Crippen LogP contribution is -2.29. The smallest absolute Gasteiger partial charge is 0.406 e. The second-order valence-corrected chi connectivity index (χ2v) is 5.16. The van der Waals surface area contributed by atoms with Gasteiger partial charge >= 0.3 is 6.36 Å². The topological polar surface area (TPSA) is 35.2 Å². The maximum absolute atomic E-state index is 12.3. The van der Waals surface area contributed by atoms with E-state index < -0.39 is 6.36 Å². The molecule has 0 saturated heterocycles. The standard InChI is InChI=1S/C16H14F3NO/c17-16(18,19)21-12-6-3-5-11(8-12)15(20)14-9-10-4-1-2-7-13(10)14/h1-8,14-15H,9,20H2. The summed E-state index contributed by atoms with van der Waals surface area (Å²) in [6.07, 6.45) is -3.84. The molecule has 2 N–H and O–H groups in total. The summed E-state index contributed by atoms with van der Waals surface area (Å²) >= 11 is 0. The number of alkyl halides is 3. The van der Waals surface area contributed by atoms with Crippen LogP contribution in [0.25, 0.3) is 0 Å². The Kier molecular flexibility index (Phi) is 3.37. The van der Waals surface area contributed by atoms with E-state index >= 15 is 0 Å². The predicted octanol–water partition coefficient (Wildman–Crippen LogP) is 3.92. The molecule has 2 nitrogen and oxygen atoms in total. The van der Waals surface area contributed by atoms with Crippen LogP contribution in [-0.2, 0) is 6.42 Å². The average Bonchev–Trinajstić information content (AvgIpc) is 2.38. The Morgan fingerprint density at radius 3 is 2.57 bits per heavy atom. The van der Waals surface area contributed by atoms with Crippen molar-refractivity contribution in [2.24, 2.45) is 5.73 Å². The molecule has 0 aliphatic heterocycles. The molecule has 0 fully saturated rings. The highest BCUT2D eigenvalue weighted by Crippen LogP contribution is 2.42. The lowest BCUT2D eigenvalue weighted by atomic mass is 9.72. The van der Waals surface area contributed by atoms with E-state index in [4.69, 9.17) is 5.73 Å². The predicted molar refractivity (Wildman–Crippen MR) is 72.9 cm³/mol. The SMILES string of the molecule is NC(c1cccc(OC(F)(F)F)c1)C1Cc2ccccc21. The molecule has 110 valence electrons. The number of halogens is 3. The summed E-state index contributed by atoms with van der Waals surface area (Å²) in [5.41, 5.74) is 9.28. The quantitative estimate of drug-likeness (QED) is 0.930. The summed E-state index contributed by atoms with van der Waals surface area (Å²) in [6.45, 7) is 0. The largest absolute Gasteiger partial charge is 0.573 e. The number of ether oxygens (including phenoxy) is 1. The van der Waals surface area contributed by atoms with Crippen molar-refractivity contribution in [2.75, 3.05) is 0 Å². The van der Waals surface area contributed by atoms with Gasteiger partial charge in [0.1, 0.15) is 5.75 Å². The first kappa shape index (κ1) is 13.9. The van der Waals surface area contributed by atoms with E-state index in [0.717, 1.165) is 6.42 Å². The van der Waals surface area contributed by atoms with Crippen LogP contribution in [-0.4, -0.2) is 6.36 Å². The van der Waals surface area contributed by atoms with Gasteiger partial charge < -0.3 is 10.5 Å². The van der Waals surface area contributed by atoms with Crippen LogP contribution in [0.1, 0.15) is 28.7 Å². The molecule has 2 atom stereocenters. The molecule has 3 rings (SSSR count). The zero-order valence-corrected chi connectivity index (χ0v) is 11.1. The van der Waals surface area contributed by atoms with Crippen LogP contribution in [0.2, 0.25) is 0 Å². The molecule has 0 aromatic heterocycles. The minimum Gasteiger partial charge on any atom is -0.406 e. The van der Waals surface area contributed by atoms with Crippen molar-refractivity contribution in [2.45, 2.75) is 24.7 Å². The summed E-state index contributed by atoms with van der Waals surface area (Å²) in [5, 5.41) is 0. The molecule has 0 saturated carbocycles. The Hall–Kier alpha value is -2.01. The number of hydrogen-bond donors (Lipinski definition) is 1. The zero-order chi connectivity index (χ0) is 15.0. The highest BCUT2D eigenvalue weighted by Gasteiger charge is 2.33. The molecule has 21 heavy (non-hydrogen) atoms. The molecular weight excluding hydrogens is 279 g/mol. The van der Waals surface area contributed by atoms with Crippen molar-refractivity contribution in [3.8, 4) is 5.75 Å². The molecule has 2 unspecified atom stereocenters. The minimum absolute atomic E-state index is 0.141. The second kappa shape index (κ2) is 5.07. The molecule has 0 heterocycles. The first-order chi connectivity index (χ1) is 9.94. The number of fused-ring (bicyclic) bond motifs is 1. The lowest BCUT2D eigenvalue weighted by molar-refractivity contribution is -0.274. The molecule has 0 spiro atoms. The first-order valence-corrected chi connectivity index (χ1v) is 6.63. The van der Waals surface area contributed by atoms with Crippen LogP contribution < -0.4 is 10.5 Å². The van der Waals surface area contributed by atoms with E-state index in [1.54, 1.807) is 6.07 Å². The van der Waals surface area contributed by atoms with E-state index in [0.29, 0.717) is 5.56 Å². The van der Waals surface area contributed by atoms with Crippen LogP contribution in [0.15, 0.2) is 48.5 Å². The molecular formula is C16H14F3NO. The van der Waals surface area contributed by atoms with Crippen LogP contribution >= 0.6 is 0 Å². The van der Waals surface area contributed by atoms with Gasteiger partial charge in [-0.2, -0.15) is 0 Å². The van der Waals surface area contributed by atoms with Gasteiger partial charge in [-0.15, -0.1) is 13.2 Å². The van der Waals surface area contributed by atoms with E-state index in [-0.39, 0.29) is 17.7 Å². The van der Waals surface area contributed by atoms with Crippen molar-refractivity contribution in [3.05, 3.63) is 65.2 Å². The average molecular weight is 293 g/mol. The van der Waals surface area contributed by atoms with E-state index in [1.165, 1.54) is 29.3 Å². The van der Waals surface area contributed by atoms with Gasteiger partial charge in [0.05, 0.1) is 0 Å². The fourth-order valence-corrected chi connectivity index (χ4v) is 2.77. The maximum Gasteiger partial charge on any atom is 0.573 e. The Balaban J connectivity index is 1.80. The molecule has 0 amide bonds. The summed E-state index contributed by atoms with van der Waals surface area (Å²) < 4.78 is 40.7. The molecule has 2 aromatic rings. The maximum atomic E-state index is 12.3. The molecule has 1 aliphatic rings. The Morgan fingerprint density at radius 1 is 1.10 bits per heavy atom. The lowest BCUT2D eigenvalue weighted by Gasteiger charge is -2.35. The van der Waals surface area contributed by atoms with Crippen LogP contribution in [0.4, 0.5) is 13.2 Å². The normalized spacial score (nSPS) is 18.6. The fourth-order valence-electron chi connectivity index (χ4n) is 2.77. The van der Waals surface area contributed by atoms with Crippen molar-refractivity contribution < 1.29 is 17.9 Å². The van der Waals surface area contributed by atoms with Crippen LogP contribution in [0.3, 0.4) is 0 Å². The zero-order valence-electron chi connectivity index (χ0n) is 11.1. The van der Waals surface area contributed by atoms with E-state index in [2.05, 4.69) is 4.74 Å². The van der Waals surface area contributed by atoms with Crippen molar-refractivity contribution in [1.29, 1.82) is 0 Å². The summed E-state index contributed by atoms with van der Waals surface area (Å²) in [7, 11) is 0. The highest BCUT2D eigenvalue weighted by atomic mass is 19.4. The molecule has 0 radical (unpaired) electrons. The number of benzene rings is 2. The third-order valence-electron chi connectivity index (χ3n) is 3.80. The van der Waals surface area contributed by atoms with Gasteiger partial charge in [-0.05, 0) is 35.2 Å². The van der Waals surface area contributed by atoms with Gasteiger partial charge in [0.25, 0.3) is 0 Å². The van der Waals surface area contributed by atoms with Crippen LogP contribution in [0, 0.1) is 0 Å². The van der Waals surface area contributed by atoms with E-state index in [9.17, 15) is 13.2 Å². The van der Waals surface area contributed by atoms with Gasteiger partial charge in [0, 0.05) is 12.0 Å². The van der Waals surface area contributed by atoms with Gasteiger partial charge in [0.2, 0.25) is 0 Å². The third-order valence-corrected chi connectivity index (χ3v) is 3.80. The Morgan fingerprint density at radius 2 is 1.86 bits per heavy atom. The minimum atomic E-state index is -4.69. The van der Waals surface area contributed by atoms with Crippen molar-refractivity contribution >= 4 is 0 Å². The van der Waals surface area contributed by atoms with Crippen LogP contribution in [0.5, 0.6) is 5.75 Å². The summed E-state index contributed by atoms with van der Waals surface area (Å²) in [6, 6.07) is 13.5. The second-order valence-electron chi connectivity index (χ2n) is 5.16. The highest BCUT2D eigenvalue weighted by molar-refractivity contribution is 5.43. The number of hydrogen-bond acceptors (Lipinski definition) is 2.